The van der Waals surface area contributed by atoms with Crippen molar-refractivity contribution in [2.45, 2.75) is 38.3 Å². The highest BCUT2D eigenvalue weighted by Crippen LogP contribution is 2.53. The second-order valence-electron chi connectivity index (χ2n) is 9.82. The minimum Gasteiger partial charge on any atom is -0.510 e. The fourth-order valence-corrected chi connectivity index (χ4v) is 6.17. The molecule has 1 aromatic carbocycles. The summed E-state index contributed by atoms with van der Waals surface area (Å²) >= 11 is 0. The number of primary amides is 1. The number of aromatic hydroxyl groups is 1. The predicted molar refractivity (Wildman–Crippen MR) is 132 cm³/mol. The number of nitrogens with two attached hydrogens (primary N) is 2. The summed E-state index contributed by atoms with van der Waals surface area (Å²) in [6.45, 7) is 5.13. The molecule has 36 heavy (non-hydrogen) atoms. The molecule has 194 valence electrons. The summed E-state index contributed by atoms with van der Waals surface area (Å²) in [6, 6.07) is 0.584. The second-order valence-corrected chi connectivity index (χ2v) is 9.82. The van der Waals surface area contributed by atoms with Crippen LogP contribution in [-0.2, 0) is 16.0 Å². The van der Waals surface area contributed by atoms with Crippen LogP contribution < -0.4 is 16.4 Å². The molecule has 3 aliphatic carbocycles. The molecule has 1 aromatic rings. The molecule has 1 amide bonds. The summed E-state index contributed by atoms with van der Waals surface area (Å²) in [4.78, 5) is 42.6. The molecule has 0 bridgehead atoms. The summed E-state index contributed by atoms with van der Waals surface area (Å²) in [5.74, 6) is -6.90. The molecule has 0 saturated carbocycles. The third-order valence-corrected chi connectivity index (χ3v) is 7.83. The van der Waals surface area contributed by atoms with E-state index in [0.29, 0.717) is 24.3 Å². The molecule has 11 heteroatoms. The zero-order valence-electron chi connectivity index (χ0n) is 20.7. The Hall–Kier alpha value is -3.57. The van der Waals surface area contributed by atoms with E-state index in [1.54, 1.807) is 20.2 Å². The number of likely N-dealkylation sites (N-methyl/N-ethyl adjacent to an activating group) is 1. The number of hydrogen-bond acceptors (Lipinski definition) is 10. The zero-order chi connectivity index (χ0) is 26.9. The zero-order valence-corrected chi connectivity index (χ0v) is 20.7. The molecule has 11 nitrogen and oxygen atoms in total. The maximum absolute atomic E-state index is 13.8. The highest BCUT2D eigenvalue weighted by atomic mass is 16.3. The van der Waals surface area contributed by atoms with E-state index in [9.17, 15) is 34.8 Å². The van der Waals surface area contributed by atoms with Crippen LogP contribution in [0.4, 0.5) is 11.4 Å². The largest absolute Gasteiger partial charge is 0.510 e. The number of ketones is 2. The van der Waals surface area contributed by atoms with Gasteiger partial charge in [-0.15, -0.1) is 0 Å². The number of amides is 1. The number of phenolic OH excluding ortho intramolecular Hbond substituents is 1. The van der Waals surface area contributed by atoms with E-state index in [1.165, 1.54) is 4.90 Å². The minimum atomic E-state index is -2.66. The third-order valence-electron chi connectivity index (χ3n) is 7.83. The predicted octanol–water partition coefficient (Wildman–Crippen LogP) is 0.549. The van der Waals surface area contributed by atoms with Gasteiger partial charge in [-0.1, -0.05) is 0 Å². The van der Waals surface area contributed by atoms with Gasteiger partial charge in [0.05, 0.1) is 17.3 Å². The van der Waals surface area contributed by atoms with E-state index in [1.807, 2.05) is 18.7 Å². The summed E-state index contributed by atoms with van der Waals surface area (Å²) in [7, 11) is 3.18. The Bertz CT molecular complexity index is 1250. The lowest BCUT2D eigenvalue weighted by Crippen LogP contribution is -2.63. The van der Waals surface area contributed by atoms with Crippen LogP contribution in [0.25, 0.3) is 0 Å². The maximum atomic E-state index is 13.8. The molecule has 0 radical (unpaired) electrons. The van der Waals surface area contributed by atoms with Crippen LogP contribution in [0, 0.1) is 11.8 Å². The molecule has 0 aliphatic heterocycles. The number of aliphatic hydroxyl groups excluding tert-OH is 2. The number of allylic oxidation sites excluding steroid dienone is 1. The second kappa shape index (κ2) is 8.52. The van der Waals surface area contributed by atoms with Gasteiger partial charge < -0.3 is 36.8 Å². The van der Waals surface area contributed by atoms with Crippen molar-refractivity contribution < 1.29 is 34.8 Å². The smallest absolute Gasteiger partial charge is 0.255 e. The Balaban J connectivity index is 1.98. The molecular weight excluding hydrogens is 468 g/mol. The van der Waals surface area contributed by atoms with Crippen molar-refractivity contribution in [3.63, 3.8) is 0 Å². The highest BCUT2D eigenvalue weighted by Gasteiger charge is 2.63. The van der Waals surface area contributed by atoms with Gasteiger partial charge in [0.25, 0.3) is 5.91 Å². The first kappa shape index (κ1) is 25.5. The van der Waals surface area contributed by atoms with E-state index in [2.05, 4.69) is 0 Å². The normalized spacial score (nSPS) is 27.7. The van der Waals surface area contributed by atoms with E-state index in [0.717, 1.165) is 0 Å². The number of aliphatic hydroxyl groups is 3. The van der Waals surface area contributed by atoms with Gasteiger partial charge in [0, 0.05) is 30.3 Å². The van der Waals surface area contributed by atoms with Crippen LogP contribution in [-0.4, -0.2) is 81.6 Å². The minimum absolute atomic E-state index is 0.0137. The van der Waals surface area contributed by atoms with Gasteiger partial charge in [-0.2, -0.15) is 0 Å². The van der Waals surface area contributed by atoms with E-state index in [4.69, 9.17) is 11.5 Å². The number of hydrogen-bond donors (Lipinski definition) is 6. The van der Waals surface area contributed by atoms with Gasteiger partial charge in [0.2, 0.25) is 5.78 Å². The van der Waals surface area contributed by atoms with Gasteiger partial charge in [0.15, 0.2) is 11.4 Å². The van der Waals surface area contributed by atoms with Crippen LogP contribution >= 0.6 is 0 Å². The number of fused-ring (bicyclic) bond motifs is 3. The van der Waals surface area contributed by atoms with Crippen molar-refractivity contribution >= 4 is 28.8 Å². The van der Waals surface area contributed by atoms with E-state index >= 15 is 0 Å². The van der Waals surface area contributed by atoms with Crippen molar-refractivity contribution in [3.8, 4) is 5.75 Å². The Morgan fingerprint density at radius 3 is 2.31 bits per heavy atom. The number of nitrogen functional groups attached to an aromatic ring is 1. The van der Waals surface area contributed by atoms with Crippen LogP contribution in [0.5, 0.6) is 5.75 Å². The standard InChI is InChI=1S/C25H32N4O7/c1-5-29(6-2)14-9-13(26)19(30)16-11(14)7-10-8-12-18(28(3)4)21(32)17(24(27)35)23(34)25(12,36)22(33)15(10)20(16)31/h9-10,12,18,30,32-33,36H,5-8,26H2,1-4H3,(H2,27,35)/t10?,12?,18-,25-/m0/s1. The monoisotopic (exact) mass is 500 g/mol. The van der Waals surface area contributed by atoms with Crippen molar-refractivity contribution in [2.75, 3.05) is 37.8 Å². The molecule has 0 aromatic heterocycles. The van der Waals surface area contributed by atoms with Crippen molar-refractivity contribution in [1.82, 2.24) is 4.90 Å². The lowest BCUT2D eigenvalue weighted by molar-refractivity contribution is -0.148. The Morgan fingerprint density at radius 1 is 1.17 bits per heavy atom. The first-order valence-electron chi connectivity index (χ1n) is 11.9. The SMILES string of the molecule is CCN(CC)c1cc(N)c(O)c2c1CC1CC3[C@H](N(C)C)C(O)=C(C(N)=O)C(=O)[C@@]3(O)C(O)=C1C2=O. The third kappa shape index (κ3) is 3.22. The highest BCUT2D eigenvalue weighted by molar-refractivity contribution is 6.25. The summed E-state index contributed by atoms with van der Waals surface area (Å²) in [5, 5.41) is 44.5. The maximum Gasteiger partial charge on any atom is 0.255 e. The molecule has 4 rings (SSSR count). The molecule has 0 fully saturated rings. The first-order valence-corrected chi connectivity index (χ1v) is 11.9. The van der Waals surface area contributed by atoms with Gasteiger partial charge in [-0.05, 0) is 58.3 Å². The van der Waals surface area contributed by atoms with E-state index in [-0.39, 0.29) is 29.7 Å². The lowest BCUT2D eigenvalue weighted by Gasteiger charge is -2.50. The average Bonchev–Trinajstić information content (AvgIpc) is 2.79. The number of Topliss-reactive ketones (excluding diaryl/α,β-unsaturated/α-hetero) is 2. The molecule has 0 spiro atoms. The van der Waals surface area contributed by atoms with E-state index < -0.39 is 63.8 Å². The number of benzene rings is 1. The fraction of sp³-hybridized carbons (Fsp3) is 0.480. The number of carbonyl (C=O) groups is 3. The van der Waals surface area contributed by atoms with Crippen molar-refractivity contribution in [3.05, 3.63) is 39.9 Å². The topological polar surface area (TPSA) is 191 Å². The van der Waals surface area contributed by atoms with Crippen LogP contribution in [0.1, 0.15) is 36.2 Å². The summed E-state index contributed by atoms with van der Waals surface area (Å²) in [5.41, 5.74) is 8.81. The van der Waals surface area contributed by atoms with Gasteiger partial charge in [-0.25, -0.2) is 0 Å². The molecule has 8 N–H and O–H groups in total. The molecule has 4 atom stereocenters. The van der Waals surface area contributed by atoms with Gasteiger partial charge >= 0.3 is 0 Å². The fourth-order valence-electron chi connectivity index (χ4n) is 6.17. The quantitative estimate of drug-likeness (QED) is 0.189. The molecule has 0 heterocycles. The molecule has 0 saturated heterocycles. The molecule has 3 aliphatic rings. The van der Waals surface area contributed by atoms with Gasteiger partial charge in [0.1, 0.15) is 22.8 Å². The molecular formula is C25H32N4O7. The first-order chi connectivity index (χ1) is 16.8. The van der Waals surface area contributed by atoms with Crippen molar-refractivity contribution in [2.24, 2.45) is 17.6 Å². The molecule has 2 unspecified atom stereocenters. The van der Waals surface area contributed by atoms with Crippen LogP contribution in [0.3, 0.4) is 0 Å². The Labute approximate surface area is 208 Å². The number of rotatable bonds is 5. The van der Waals surface area contributed by atoms with Crippen molar-refractivity contribution in [1.29, 1.82) is 0 Å². The van der Waals surface area contributed by atoms with Crippen LogP contribution in [0.15, 0.2) is 28.7 Å². The number of nitrogens with zero attached hydrogens (tertiary/aromatic N) is 2. The number of anilines is 2. The van der Waals surface area contributed by atoms with Crippen LogP contribution in [0.2, 0.25) is 0 Å². The van der Waals surface area contributed by atoms with Gasteiger partial charge in [-0.3, -0.25) is 19.3 Å². The number of phenols is 1. The summed E-state index contributed by atoms with van der Waals surface area (Å²) in [6.07, 6.45) is 0.253. The number of carbonyl (C=O) groups excluding carboxylic acids is 3. The Morgan fingerprint density at radius 2 is 1.78 bits per heavy atom. The summed E-state index contributed by atoms with van der Waals surface area (Å²) < 4.78 is 0. The average molecular weight is 501 g/mol. The Kier molecular flexibility index (Phi) is 6.04. The lowest BCUT2D eigenvalue weighted by atomic mass is 9.58.